The van der Waals surface area contributed by atoms with Gasteiger partial charge in [-0.15, -0.1) is 0 Å². The van der Waals surface area contributed by atoms with Gasteiger partial charge in [0, 0.05) is 5.71 Å². The van der Waals surface area contributed by atoms with Gasteiger partial charge in [0.2, 0.25) is 0 Å². The number of carbonyl (C=O) groups is 1. The van der Waals surface area contributed by atoms with E-state index in [1.807, 2.05) is 0 Å². The van der Waals surface area contributed by atoms with E-state index in [1.165, 1.54) is 19.2 Å². The summed E-state index contributed by atoms with van der Waals surface area (Å²) in [5.74, 6) is -1.41. The summed E-state index contributed by atoms with van der Waals surface area (Å²) >= 11 is 0. The van der Waals surface area contributed by atoms with Crippen LogP contribution in [0.1, 0.15) is 32.1 Å². The van der Waals surface area contributed by atoms with Crippen molar-refractivity contribution in [3.63, 3.8) is 0 Å². The molecule has 0 saturated heterocycles. The van der Waals surface area contributed by atoms with E-state index in [1.54, 1.807) is 12.1 Å². The molecule has 0 spiro atoms. The van der Waals surface area contributed by atoms with Crippen LogP contribution in [0.2, 0.25) is 0 Å². The van der Waals surface area contributed by atoms with E-state index < -0.39 is 30.3 Å². The average Bonchev–Trinajstić information content (AvgIpc) is 2.79. The average molecular weight is 386 g/mol. The SMILES string of the molecule is COc1ccc(OCC(=O)N2N=C3CCCCC[C@@H]3[C@]2(O)C(F)(F)F)cc1. The van der Waals surface area contributed by atoms with E-state index in [0.29, 0.717) is 30.8 Å². The molecule has 1 N–H and O–H groups in total. The number of fused-ring (bicyclic) bond motifs is 1. The van der Waals surface area contributed by atoms with Crippen LogP contribution in [0.25, 0.3) is 0 Å². The Kier molecular flexibility index (Phi) is 5.32. The van der Waals surface area contributed by atoms with Gasteiger partial charge in [0.15, 0.2) is 6.61 Å². The standard InChI is InChI=1S/C18H21F3N2O4/c1-26-12-7-9-13(10-8-12)27-11-16(24)23-17(25,18(19,20)21)14-5-3-2-4-6-15(14)22-23/h7-10,14,25H,2-6,11H2,1H3/t14-,17-/m0/s1. The highest BCUT2D eigenvalue weighted by Crippen LogP contribution is 2.47. The Hall–Kier alpha value is -2.29. The number of nitrogens with zero attached hydrogens (tertiary/aromatic N) is 2. The summed E-state index contributed by atoms with van der Waals surface area (Å²) in [6, 6.07) is 6.25. The zero-order valence-electron chi connectivity index (χ0n) is 14.8. The molecule has 1 saturated carbocycles. The summed E-state index contributed by atoms with van der Waals surface area (Å²) in [5.41, 5.74) is -3.10. The van der Waals surface area contributed by atoms with E-state index in [0.717, 1.165) is 6.42 Å². The van der Waals surface area contributed by atoms with E-state index in [9.17, 15) is 23.1 Å². The van der Waals surface area contributed by atoms with Crippen molar-refractivity contribution in [2.75, 3.05) is 13.7 Å². The van der Waals surface area contributed by atoms with Crippen LogP contribution in [0, 0.1) is 5.92 Å². The number of benzene rings is 1. The second-order valence-electron chi connectivity index (χ2n) is 6.64. The number of rotatable bonds is 4. The fourth-order valence-electron chi connectivity index (χ4n) is 3.52. The predicted molar refractivity (Wildman–Crippen MR) is 90.3 cm³/mol. The second kappa shape index (κ2) is 7.38. The number of hydrogen-bond acceptors (Lipinski definition) is 5. The molecule has 6 nitrogen and oxygen atoms in total. The van der Waals surface area contributed by atoms with Crippen molar-refractivity contribution < 1.29 is 32.5 Å². The molecule has 3 rings (SSSR count). The molecule has 1 fully saturated rings. The van der Waals surface area contributed by atoms with E-state index in [-0.39, 0.29) is 17.1 Å². The van der Waals surface area contributed by atoms with Gasteiger partial charge in [0.25, 0.3) is 11.6 Å². The van der Waals surface area contributed by atoms with Gasteiger partial charge in [0.05, 0.1) is 13.0 Å². The Bertz CT molecular complexity index is 720. The van der Waals surface area contributed by atoms with Gasteiger partial charge in [0.1, 0.15) is 11.5 Å². The molecule has 1 aliphatic heterocycles. The number of methoxy groups -OCH3 is 1. The summed E-state index contributed by atoms with van der Waals surface area (Å²) in [4.78, 5) is 12.4. The summed E-state index contributed by atoms with van der Waals surface area (Å²) in [7, 11) is 1.49. The second-order valence-corrected chi connectivity index (χ2v) is 6.64. The minimum absolute atomic E-state index is 0.137. The number of aliphatic hydroxyl groups is 1. The molecule has 0 aromatic heterocycles. The maximum Gasteiger partial charge on any atom is 0.439 e. The molecule has 2 aliphatic rings. The summed E-state index contributed by atoms with van der Waals surface area (Å²) in [6.45, 7) is -0.672. The van der Waals surface area contributed by atoms with E-state index in [4.69, 9.17) is 9.47 Å². The van der Waals surface area contributed by atoms with Gasteiger partial charge in [-0.05, 0) is 43.5 Å². The van der Waals surface area contributed by atoms with Gasteiger partial charge in [-0.25, -0.2) is 0 Å². The van der Waals surface area contributed by atoms with Gasteiger partial charge in [-0.2, -0.15) is 23.3 Å². The lowest BCUT2D eigenvalue weighted by Gasteiger charge is -2.37. The molecule has 1 aliphatic carbocycles. The molecular weight excluding hydrogens is 365 g/mol. The lowest BCUT2D eigenvalue weighted by atomic mass is 9.87. The minimum Gasteiger partial charge on any atom is -0.497 e. The zero-order valence-corrected chi connectivity index (χ0v) is 14.8. The Morgan fingerprint density at radius 3 is 2.56 bits per heavy atom. The van der Waals surface area contributed by atoms with E-state index >= 15 is 0 Å². The first-order valence-corrected chi connectivity index (χ1v) is 8.73. The quantitative estimate of drug-likeness (QED) is 0.863. The molecule has 0 unspecified atom stereocenters. The maximum absolute atomic E-state index is 13.7. The normalized spacial score (nSPS) is 25.4. The molecule has 1 aromatic carbocycles. The smallest absolute Gasteiger partial charge is 0.439 e. The van der Waals surface area contributed by atoms with Crippen molar-refractivity contribution in [2.24, 2.45) is 11.0 Å². The van der Waals surface area contributed by atoms with Crippen LogP contribution in [-0.2, 0) is 4.79 Å². The van der Waals surface area contributed by atoms with Gasteiger partial charge >= 0.3 is 6.18 Å². The molecule has 0 bridgehead atoms. The first-order chi connectivity index (χ1) is 12.8. The van der Waals surface area contributed by atoms with Gasteiger partial charge < -0.3 is 14.6 Å². The van der Waals surface area contributed by atoms with Crippen LogP contribution in [0.5, 0.6) is 11.5 Å². The highest BCUT2D eigenvalue weighted by atomic mass is 19.4. The van der Waals surface area contributed by atoms with Crippen molar-refractivity contribution in [3.05, 3.63) is 24.3 Å². The van der Waals surface area contributed by atoms with Crippen LogP contribution >= 0.6 is 0 Å². The lowest BCUT2D eigenvalue weighted by Crippen LogP contribution is -2.61. The van der Waals surface area contributed by atoms with Crippen molar-refractivity contribution in [1.29, 1.82) is 0 Å². The summed E-state index contributed by atoms with van der Waals surface area (Å²) in [6.07, 6.45) is -2.54. The molecule has 148 valence electrons. The van der Waals surface area contributed by atoms with E-state index in [2.05, 4.69) is 5.10 Å². The Labute approximate surface area is 154 Å². The highest BCUT2D eigenvalue weighted by molar-refractivity contribution is 5.93. The molecule has 9 heteroatoms. The zero-order chi connectivity index (χ0) is 19.7. The fourth-order valence-corrected chi connectivity index (χ4v) is 3.52. The first-order valence-electron chi connectivity index (χ1n) is 8.73. The number of hydrazone groups is 1. The van der Waals surface area contributed by atoms with Crippen molar-refractivity contribution in [2.45, 2.75) is 44.0 Å². The van der Waals surface area contributed by atoms with Crippen molar-refractivity contribution >= 4 is 11.6 Å². The molecule has 1 amide bonds. The third-order valence-corrected chi connectivity index (χ3v) is 4.94. The number of carbonyl (C=O) groups excluding carboxylic acids is 1. The van der Waals surface area contributed by atoms with Crippen molar-refractivity contribution in [1.82, 2.24) is 5.01 Å². The predicted octanol–water partition coefficient (Wildman–Crippen LogP) is 3.10. The van der Waals surface area contributed by atoms with Crippen LogP contribution in [0.4, 0.5) is 13.2 Å². The molecule has 27 heavy (non-hydrogen) atoms. The molecular formula is C18H21F3N2O4. The third kappa shape index (κ3) is 3.60. The Morgan fingerprint density at radius 1 is 1.26 bits per heavy atom. The Morgan fingerprint density at radius 2 is 1.93 bits per heavy atom. The topological polar surface area (TPSA) is 71.4 Å². The molecule has 2 atom stereocenters. The third-order valence-electron chi connectivity index (χ3n) is 4.94. The molecule has 0 radical (unpaired) electrons. The minimum atomic E-state index is -5.02. The van der Waals surface area contributed by atoms with Gasteiger partial charge in [-0.3, -0.25) is 4.79 Å². The Balaban J connectivity index is 1.78. The monoisotopic (exact) mass is 386 g/mol. The van der Waals surface area contributed by atoms with Crippen molar-refractivity contribution in [3.8, 4) is 11.5 Å². The lowest BCUT2D eigenvalue weighted by molar-refractivity contribution is -0.317. The first kappa shape index (κ1) is 19.5. The number of hydrogen-bond donors (Lipinski definition) is 1. The maximum atomic E-state index is 13.7. The highest BCUT2D eigenvalue weighted by Gasteiger charge is 2.68. The largest absolute Gasteiger partial charge is 0.497 e. The molecule has 1 heterocycles. The number of amides is 1. The van der Waals surface area contributed by atoms with Crippen LogP contribution in [0.15, 0.2) is 29.4 Å². The van der Waals surface area contributed by atoms with Crippen LogP contribution < -0.4 is 9.47 Å². The summed E-state index contributed by atoms with van der Waals surface area (Å²) < 4.78 is 51.5. The number of ether oxygens (including phenoxy) is 2. The fraction of sp³-hybridized carbons (Fsp3) is 0.556. The molecule has 1 aromatic rings. The number of alkyl halides is 3. The summed E-state index contributed by atoms with van der Waals surface area (Å²) in [5, 5.41) is 14.6. The van der Waals surface area contributed by atoms with Crippen LogP contribution in [0.3, 0.4) is 0 Å². The van der Waals surface area contributed by atoms with Gasteiger partial charge in [-0.1, -0.05) is 12.8 Å². The number of halogens is 3. The van der Waals surface area contributed by atoms with Crippen LogP contribution in [-0.4, -0.2) is 47.4 Å².